The van der Waals surface area contributed by atoms with Gasteiger partial charge in [0, 0.05) is 18.6 Å². The minimum absolute atomic E-state index is 0.00405. The Morgan fingerprint density at radius 3 is 2.41 bits per heavy atom. The van der Waals surface area contributed by atoms with E-state index >= 15 is 0 Å². The molecule has 11 heteroatoms. The van der Waals surface area contributed by atoms with Crippen LogP contribution in [0.5, 0.6) is 0 Å². The van der Waals surface area contributed by atoms with Crippen LogP contribution in [0.1, 0.15) is 33.6 Å². The molecule has 0 spiro atoms. The molecule has 0 unspecified atom stereocenters. The molecule has 1 aromatic heterocycles. The number of fused-ring (bicyclic) bond motifs is 1. The fourth-order valence-electron chi connectivity index (χ4n) is 4.91. The highest BCUT2D eigenvalue weighted by Gasteiger charge is 2.30. The van der Waals surface area contributed by atoms with Gasteiger partial charge in [-0.05, 0) is 95.7 Å². The van der Waals surface area contributed by atoms with Crippen LogP contribution in [0.15, 0.2) is 74.8 Å². The van der Waals surface area contributed by atoms with E-state index in [4.69, 9.17) is 11.6 Å². The number of nitrogens with one attached hydrogen (secondary N) is 1. The quantitative estimate of drug-likeness (QED) is 0.306. The lowest BCUT2D eigenvalue weighted by atomic mass is 10.1. The fourth-order valence-corrected chi connectivity index (χ4v) is 6.88. The van der Waals surface area contributed by atoms with E-state index in [-0.39, 0.29) is 21.2 Å². The number of anilines is 2. The van der Waals surface area contributed by atoms with Gasteiger partial charge in [0.25, 0.3) is 21.5 Å². The maximum Gasteiger partial charge on any atom is 0.296 e. The monoisotopic (exact) mass is 628 g/mol. The molecule has 5 rings (SSSR count). The van der Waals surface area contributed by atoms with E-state index in [1.54, 1.807) is 42.9 Å². The molecule has 0 fully saturated rings. The molecule has 39 heavy (non-hydrogen) atoms. The zero-order chi connectivity index (χ0) is 28.1. The second kappa shape index (κ2) is 10.3. The first-order chi connectivity index (χ1) is 18.5. The number of amides is 1. The number of carbonyl (C=O) groups excluding carboxylic acids is 1. The third-order valence-electron chi connectivity index (χ3n) is 7.11. The summed E-state index contributed by atoms with van der Waals surface area (Å²) in [5, 5.41) is 2.95. The second-order valence-corrected chi connectivity index (χ2v) is 12.7. The largest absolute Gasteiger partial charge is 0.321 e. The van der Waals surface area contributed by atoms with Crippen LogP contribution >= 0.6 is 27.5 Å². The molecule has 0 saturated carbocycles. The Kier molecular flexibility index (Phi) is 7.21. The third-order valence-corrected chi connectivity index (χ3v) is 9.85. The highest BCUT2D eigenvalue weighted by atomic mass is 79.9. The first-order valence-electron chi connectivity index (χ1n) is 12.3. The number of sulfonamides is 1. The maximum atomic E-state index is 13.7. The summed E-state index contributed by atoms with van der Waals surface area (Å²) in [6.07, 6.45) is 3.01. The first kappa shape index (κ1) is 27.2. The van der Waals surface area contributed by atoms with E-state index in [2.05, 4.69) is 21.2 Å². The van der Waals surface area contributed by atoms with Gasteiger partial charge >= 0.3 is 0 Å². The number of para-hydroxylation sites is 1. The topological polar surface area (TPSA) is 93.4 Å². The van der Waals surface area contributed by atoms with E-state index in [9.17, 15) is 18.0 Å². The third kappa shape index (κ3) is 4.81. The molecule has 0 saturated heterocycles. The molecule has 0 bridgehead atoms. The van der Waals surface area contributed by atoms with Crippen molar-refractivity contribution in [1.82, 2.24) is 9.36 Å². The molecule has 8 nitrogen and oxygen atoms in total. The van der Waals surface area contributed by atoms with Crippen molar-refractivity contribution < 1.29 is 13.2 Å². The lowest BCUT2D eigenvalue weighted by Crippen LogP contribution is -2.32. The summed E-state index contributed by atoms with van der Waals surface area (Å²) in [5.41, 5.74) is 3.60. The van der Waals surface area contributed by atoms with Gasteiger partial charge in [0.1, 0.15) is 5.69 Å². The average molecular weight is 630 g/mol. The molecular formula is C28H26BrClN4O4S. The Morgan fingerprint density at radius 2 is 1.72 bits per heavy atom. The lowest BCUT2D eigenvalue weighted by molar-refractivity contribution is 0.102. The summed E-state index contributed by atoms with van der Waals surface area (Å²) in [7, 11) is -1.21. The Balaban J connectivity index is 1.49. The SMILES string of the molecule is Cc1c(N(C)S(=O)(=O)c2ccc(Cl)c(C(=O)Nc3cc4c(cc3Br)CCC4)c2)c(=O)n(-c2ccccc2)n1C. The van der Waals surface area contributed by atoms with Gasteiger partial charge in [-0.3, -0.25) is 18.6 Å². The zero-order valence-corrected chi connectivity index (χ0v) is 24.7. The smallest absolute Gasteiger partial charge is 0.296 e. The summed E-state index contributed by atoms with van der Waals surface area (Å²) in [6.45, 7) is 1.68. The van der Waals surface area contributed by atoms with Gasteiger partial charge in [0.15, 0.2) is 0 Å². The van der Waals surface area contributed by atoms with Crippen LogP contribution < -0.4 is 15.2 Å². The number of rotatable bonds is 6. The normalized spacial score (nSPS) is 12.8. The molecule has 0 atom stereocenters. The Hall–Kier alpha value is -3.34. The Bertz CT molecular complexity index is 1780. The molecule has 1 heterocycles. The van der Waals surface area contributed by atoms with Crippen LogP contribution in [-0.4, -0.2) is 30.7 Å². The van der Waals surface area contributed by atoms with Gasteiger partial charge in [-0.25, -0.2) is 13.1 Å². The van der Waals surface area contributed by atoms with E-state index in [1.807, 2.05) is 18.2 Å². The lowest BCUT2D eigenvalue weighted by Gasteiger charge is -2.19. The van der Waals surface area contributed by atoms with Crippen molar-refractivity contribution in [3.8, 4) is 5.69 Å². The van der Waals surface area contributed by atoms with Gasteiger partial charge in [-0.1, -0.05) is 29.8 Å². The first-order valence-corrected chi connectivity index (χ1v) is 14.9. The number of nitrogens with zero attached hydrogens (tertiary/aromatic N) is 3. The maximum absolute atomic E-state index is 13.7. The van der Waals surface area contributed by atoms with E-state index < -0.39 is 21.5 Å². The van der Waals surface area contributed by atoms with Crippen LogP contribution in [0.25, 0.3) is 5.69 Å². The minimum atomic E-state index is -4.23. The number of halogens is 2. The highest BCUT2D eigenvalue weighted by molar-refractivity contribution is 9.10. The van der Waals surface area contributed by atoms with E-state index in [1.165, 1.54) is 41.1 Å². The molecule has 0 aliphatic heterocycles. The molecule has 0 radical (unpaired) electrons. The second-order valence-electron chi connectivity index (χ2n) is 9.43. The van der Waals surface area contributed by atoms with Crippen LogP contribution in [0, 0.1) is 6.92 Å². The molecule has 4 aromatic rings. The number of carbonyl (C=O) groups is 1. The van der Waals surface area contributed by atoms with Gasteiger partial charge in [-0.15, -0.1) is 0 Å². The van der Waals surface area contributed by atoms with E-state index in [0.29, 0.717) is 17.1 Å². The van der Waals surface area contributed by atoms with Crippen molar-refractivity contribution in [1.29, 1.82) is 0 Å². The van der Waals surface area contributed by atoms with Crippen LogP contribution in [-0.2, 0) is 29.9 Å². The van der Waals surface area contributed by atoms with Crippen LogP contribution in [0.4, 0.5) is 11.4 Å². The fraction of sp³-hybridized carbons (Fsp3) is 0.214. The Labute approximate surface area is 240 Å². The van der Waals surface area contributed by atoms with E-state index in [0.717, 1.165) is 28.0 Å². The zero-order valence-electron chi connectivity index (χ0n) is 21.5. The highest BCUT2D eigenvalue weighted by Crippen LogP contribution is 2.33. The van der Waals surface area contributed by atoms with Crippen molar-refractivity contribution in [2.75, 3.05) is 16.7 Å². The average Bonchev–Trinajstić information content (AvgIpc) is 3.45. The van der Waals surface area contributed by atoms with Gasteiger partial charge in [0.05, 0.1) is 32.6 Å². The number of aromatic nitrogens is 2. The number of benzene rings is 3. The van der Waals surface area contributed by atoms with Crippen molar-refractivity contribution in [3.05, 3.63) is 103 Å². The predicted molar refractivity (Wildman–Crippen MR) is 157 cm³/mol. The number of hydrogen-bond acceptors (Lipinski definition) is 4. The van der Waals surface area contributed by atoms with Crippen molar-refractivity contribution in [2.45, 2.75) is 31.1 Å². The standard InChI is InChI=1S/C28H26BrClN4O4S/c1-17-26(28(36)34(32(17)2)20-10-5-4-6-11-20)33(3)39(37,38)21-12-13-24(30)22(16-21)27(35)31-25-15-19-9-7-8-18(19)14-23(25)29/h4-6,10-16H,7-9H2,1-3H3,(H,31,35). The van der Waals surface area contributed by atoms with Crippen molar-refractivity contribution in [2.24, 2.45) is 7.05 Å². The van der Waals surface area contributed by atoms with Crippen molar-refractivity contribution in [3.63, 3.8) is 0 Å². The van der Waals surface area contributed by atoms with Crippen LogP contribution in [0.3, 0.4) is 0 Å². The van der Waals surface area contributed by atoms with Crippen molar-refractivity contribution >= 4 is 54.8 Å². The predicted octanol–water partition coefficient (Wildman–Crippen LogP) is 5.47. The summed E-state index contributed by atoms with van der Waals surface area (Å²) in [4.78, 5) is 26.5. The molecule has 1 N–H and O–H groups in total. The summed E-state index contributed by atoms with van der Waals surface area (Å²) < 4.78 is 32.1. The van der Waals surface area contributed by atoms with Gasteiger partial charge in [-0.2, -0.15) is 0 Å². The number of aryl methyl sites for hydroxylation is 2. The molecule has 1 aliphatic rings. The summed E-state index contributed by atoms with van der Waals surface area (Å²) >= 11 is 9.86. The molecule has 1 aliphatic carbocycles. The summed E-state index contributed by atoms with van der Waals surface area (Å²) in [6, 6.07) is 16.8. The van der Waals surface area contributed by atoms with Gasteiger partial charge in [0.2, 0.25) is 0 Å². The molecule has 202 valence electrons. The van der Waals surface area contributed by atoms with Gasteiger partial charge < -0.3 is 5.32 Å². The number of hydrogen-bond donors (Lipinski definition) is 1. The molecule has 1 amide bonds. The summed E-state index contributed by atoms with van der Waals surface area (Å²) in [5.74, 6) is -0.541. The molecule has 3 aromatic carbocycles. The Morgan fingerprint density at radius 1 is 1.05 bits per heavy atom. The van der Waals surface area contributed by atoms with Crippen LogP contribution in [0.2, 0.25) is 5.02 Å². The molecular weight excluding hydrogens is 604 g/mol. The minimum Gasteiger partial charge on any atom is -0.321 e.